The summed E-state index contributed by atoms with van der Waals surface area (Å²) in [6.07, 6.45) is 8.81. The van der Waals surface area contributed by atoms with Crippen LogP contribution in [-0.2, 0) is 17.9 Å². The zero-order valence-corrected chi connectivity index (χ0v) is 19.2. The van der Waals surface area contributed by atoms with Gasteiger partial charge in [0.25, 0.3) is 0 Å². The number of hydrogen-bond acceptors (Lipinski definition) is 6. The first-order chi connectivity index (χ1) is 15.8. The van der Waals surface area contributed by atoms with E-state index >= 15 is 0 Å². The summed E-state index contributed by atoms with van der Waals surface area (Å²) in [5, 5.41) is 11.6. The fourth-order valence-corrected chi connectivity index (χ4v) is 4.44. The normalized spacial score (nSPS) is 18.2. The molecule has 0 aliphatic heterocycles. The first-order valence-corrected chi connectivity index (χ1v) is 11.6. The van der Waals surface area contributed by atoms with Gasteiger partial charge in [0, 0.05) is 25.0 Å². The van der Waals surface area contributed by atoms with E-state index in [1.54, 1.807) is 12.4 Å². The third-order valence-corrected chi connectivity index (χ3v) is 6.28. The van der Waals surface area contributed by atoms with Gasteiger partial charge in [0.15, 0.2) is 5.65 Å². The van der Waals surface area contributed by atoms with Crippen LogP contribution in [0.3, 0.4) is 0 Å². The second-order valence-electron chi connectivity index (χ2n) is 7.99. The molecule has 8 heteroatoms. The van der Waals surface area contributed by atoms with Crippen LogP contribution in [0.4, 0.5) is 11.6 Å². The van der Waals surface area contributed by atoms with Crippen molar-refractivity contribution in [3.05, 3.63) is 82.7 Å². The van der Waals surface area contributed by atoms with Gasteiger partial charge in [-0.3, -0.25) is 4.98 Å². The summed E-state index contributed by atoms with van der Waals surface area (Å²) in [7, 11) is 0. The van der Waals surface area contributed by atoms with Crippen LogP contribution < -0.4 is 10.6 Å². The molecule has 4 aromatic rings. The molecule has 1 fully saturated rings. The van der Waals surface area contributed by atoms with Crippen molar-refractivity contribution in [1.82, 2.24) is 19.6 Å². The minimum Gasteiger partial charge on any atom is -0.371 e. The molecule has 1 aliphatic carbocycles. The van der Waals surface area contributed by atoms with E-state index in [4.69, 9.17) is 9.72 Å². The van der Waals surface area contributed by atoms with Crippen molar-refractivity contribution >= 4 is 33.2 Å². The molecule has 1 aromatic carbocycles. The molecule has 1 aliphatic rings. The molecule has 7 nitrogen and oxygen atoms in total. The van der Waals surface area contributed by atoms with Gasteiger partial charge in [0.2, 0.25) is 0 Å². The Morgan fingerprint density at radius 1 is 1.06 bits per heavy atom. The molecule has 0 amide bonds. The van der Waals surface area contributed by atoms with Crippen LogP contribution in [0.5, 0.6) is 0 Å². The Morgan fingerprint density at radius 3 is 2.78 bits per heavy atom. The maximum atomic E-state index is 6.27. The number of pyridine rings is 1. The Morgan fingerprint density at radius 2 is 1.94 bits per heavy atom. The van der Waals surface area contributed by atoms with Crippen LogP contribution >= 0.6 is 15.9 Å². The number of fused-ring (bicyclic) bond motifs is 1. The number of aromatic nitrogens is 4. The van der Waals surface area contributed by atoms with Crippen molar-refractivity contribution in [1.29, 1.82) is 0 Å². The van der Waals surface area contributed by atoms with E-state index in [1.807, 2.05) is 47.1 Å². The van der Waals surface area contributed by atoms with Gasteiger partial charge in [0.05, 0.1) is 29.4 Å². The third kappa shape index (κ3) is 4.76. The predicted molar refractivity (Wildman–Crippen MR) is 129 cm³/mol. The molecule has 0 spiro atoms. The van der Waals surface area contributed by atoms with Crippen molar-refractivity contribution in [3.8, 4) is 0 Å². The summed E-state index contributed by atoms with van der Waals surface area (Å²) in [4.78, 5) is 8.99. The lowest BCUT2D eigenvalue weighted by atomic mass is 10.2. The zero-order chi connectivity index (χ0) is 21.8. The molecule has 0 bridgehead atoms. The lowest BCUT2D eigenvalue weighted by Crippen LogP contribution is -2.31. The molecule has 3 aromatic heterocycles. The topological polar surface area (TPSA) is 76.4 Å². The van der Waals surface area contributed by atoms with Gasteiger partial charge < -0.3 is 15.4 Å². The number of hydrogen-bond donors (Lipinski definition) is 2. The number of halogens is 1. The van der Waals surface area contributed by atoms with Gasteiger partial charge in [-0.25, -0.2) is 4.98 Å². The van der Waals surface area contributed by atoms with Crippen molar-refractivity contribution in [2.24, 2.45) is 0 Å². The highest BCUT2D eigenvalue weighted by atomic mass is 79.9. The maximum Gasteiger partial charge on any atom is 0.173 e. The SMILES string of the molecule is Brc1cnn2c(NCc3cccnc3)cc(NC3CCCC3OCc3ccccc3)nc12. The Bertz CT molecular complexity index is 1170. The first-order valence-electron chi connectivity index (χ1n) is 10.9. The Labute approximate surface area is 195 Å². The van der Waals surface area contributed by atoms with E-state index in [-0.39, 0.29) is 12.1 Å². The number of nitrogens with one attached hydrogen (secondary N) is 2. The van der Waals surface area contributed by atoms with Crippen LogP contribution in [0.25, 0.3) is 5.65 Å². The number of benzene rings is 1. The summed E-state index contributed by atoms with van der Waals surface area (Å²) >= 11 is 3.57. The molecule has 3 heterocycles. The Hall–Kier alpha value is -2.97. The molecule has 164 valence electrons. The van der Waals surface area contributed by atoms with Crippen LogP contribution in [0.15, 0.2) is 71.6 Å². The predicted octanol–water partition coefficient (Wildman–Crippen LogP) is 5.05. The fourth-order valence-electron chi connectivity index (χ4n) is 4.09. The highest BCUT2D eigenvalue weighted by Gasteiger charge is 2.28. The average Bonchev–Trinajstić information content (AvgIpc) is 3.44. The van der Waals surface area contributed by atoms with Gasteiger partial charge >= 0.3 is 0 Å². The summed E-state index contributed by atoms with van der Waals surface area (Å²) < 4.78 is 8.93. The molecule has 0 radical (unpaired) electrons. The number of nitrogens with zero attached hydrogens (tertiary/aromatic N) is 4. The second-order valence-corrected chi connectivity index (χ2v) is 8.84. The van der Waals surface area contributed by atoms with E-state index in [9.17, 15) is 0 Å². The van der Waals surface area contributed by atoms with E-state index in [0.717, 1.165) is 46.6 Å². The average molecular weight is 493 g/mol. The molecule has 2 atom stereocenters. The molecular formula is C24H25BrN6O. The van der Waals surface area contributed by atoms with Crippen LogP contribution in [-0.4, -0.2) is 31.7 Å². The minimum atomic E-state index is 0.161. The van der Waals surface area contributed by atoms with Gasteiger partial charge in [-0.2, -0.15) is 9.61 Å². The minimum absolute atomic E-state index is 0.161. The summed E-state index contributed by atoms with van der Waals surface area (Å²) in [5.41, 5.74) is 3.06. The van der Waals surface area contributed by atoms with Crippen molar-refractivity contribution < 1.29 is 4.74 Å². The van der Waals surface area contributed by atoms with E-state index in [1.165, 1.54) is 5.56 Å². The molecule has 5 rings (SSSR count). The van der Waals surface area contributed by atoms with Gasteiger partial charge in [0.1, 0.15) is 11.6 Å². The Balaban J connectivity index is 1.32. The fraction of sp³-hybridized carbons (Fsp3) is 0.292. The van der Waals surface area contributed by atoms with Crippen LogP contribution in [0.1, 0.15) is 30.4 Å². The van der Waals surface area contributed by atoms with Crippen LogP contribution in [0, 0.1) is 0 Å². The highest BCUT2D eigenvalue weighted by Crippen LogP contribution is 2.28. The molecule has 2 unspecified atom stereocenters. The monoisotopic (exact) mass is 492 g/mol. The second kappa shape index (κ2) is 9.67. The number of anilines is 2. The van der Waals surface area contributed by atoms with Crippen molar-refractivity contribution in [2.75, 3.05) is 10.6 Å². The third-order valence-electron chi connectivity index (χ3n) is 5.72. The van der Waals surface area contributed by atoms with Gasteiger partial charge in [-0.15, -0.1) is 0 Å². The molecule has 32 heavy (non-hydrogen) atoms. The zero-order valence-electron chi connectivity index (χ0n) is 17.6. The van der Waals surface area contributed by atoms with Gasteiger partial charge in [-0.1, -0.05) is 36.4 Å². The van der Waals surface area contributed by atoms with Crippen molar-refractivity contribution in [3.63, 3.8) is 0 Å². The molecule has 2 N–H and O–H groups in total. The van der Waals surface area contributed by atoms with E-state index < -0.39 is 0 Å². The standard InChI is InChI=1S/C24H25BrN6O/c25-19-15-28-31-23(27-14-18-8-5-11-26-13-18)12-22(30-24(19)31)29-20-9-4-10-21(20)32-16-17-6-2-1-3-7-17/h1-3,5-8,11-13,15,20-21,27H,4,9-10,14,16H2,(H,29,30). The highest BCUT2D eigenvalue weighted by molar-refractivity contribution is 9.10. The smallest absolute Gasteiger partial charge is 0.173 e. The maximum absolute atomic E-state index is 6.27. The summed E-state index contributed by atoms with van der Waals surface area (Å²) in [6.45, 7) is 1.28. The number of ether oxygens (including phenoxy) is 1. The summed E-state index contributed by atoms with van der Waals surface area (Å²) in [5.74, 6) is 1.68. The number of rotatable bonds is 8. The molecule has 1 saturated carbocycles. The largest absolute Gasteiger partial charge is 0.371 e. The van der Waals surface area contributed by atoms with E-state index in [0.29, 0.717) is 13.2 Å². The lowest BCUT2D eigenvalue weighted by molar-refractivity contribution is 0.0394. The Kier molecular flexibility index (Phi) is 6.31. The van der Waals surface area contributed by atoms with Crippen molar-refractivity contribution in [2.45, 2.75) is 44.6 Å². The van der Waals surface area contributed by atoms with E-state index in [2.05, 4.69) is 48.8 Å². The molecule has 0 saturated heterocycles. The first kappa shape index (κ1) is 20.9. The summed E-state index contributed by atoms with van der Waals surface area (Å²) in [6, 6.07) is 16.5. The van der Waals surface area contributed by atoms with Crippen LogP contribution in [0.2, 0.25) is 0 Å². The molecular weight excluding hydrogens is 468 g/mol. The lowest BCUT2D eigenvalue weighted by Gasteiger charge is -2.22. The van der Waals surface area contributed by atoms with Gasteiger partial charge in [-0.05, 0) is 52.4 Å². The quantitative estimate of drug-likeness (QED) is 0.358.